The lowest BCUT2D eigenvalue weighted by molar-refractivity contribution is -0.121. The second-order valence-corrected chi connectivity index (χ2v) is 6.67. The SMILES string of the molecule is Cc1ccc(OC[C@H](C)NC(=O)CCc2ccc(Cl)cc2Cl)cc1. The maximum absolute atomic E-state index is 12.0. The summed E-state index contributed by atoms with van der Waals surface area (Å²) in [5, 5.41) is 4.11. The molecule has 0 saturated heterocycles. The topological polar surface area (TPSA) is 38.3 Å². The van der Waals surface area contributed by atoms with Gasteiger partial charge >= 0.3 is 0 Å². The van der Waals surface area contributed by atoms with Crippen molar-refractivity contribution < 1.29 is 9.53 Å². The third kappa shape index (κ3) is 6.06. The molecule has 0 aliphatic heterocycles. The largest absolute Gasteiger partial charge is 0.491 e. The molecule has 0 bridgehead atoms. The van der Waals surface area contributed by atoms with Gasteiger partial charge in [-0.15, -0.1) is 0 Å². The molecule has 0 radical (unpaired) electrons. The van der Waals surface area contributed by atoms with E-state index >= 15 is 0 Å². The molecule has 0 unspecified atom stereocenters. The second-order valence-electron chi connectivity index (χ2n) is 5.83. The van der Waals surface area contributed by atoms with Crippen molar-refractivity contribution in [1.82, 2.24) is 5.32 Å². The van der Waals surface area contributed by atoms with Crippen LogP contribution in [0.1, 0.15) is 24.5 Å². The van der Waals surface area contributed by atoms with E-state index in [0.29, 0.717) is 29.5 Å². The fourth-order valence-electron chi connectivity index (χ4n) is 2.22. The molecule has 0 fully saturated rings. The highest BCUT2D eigenvalue weighted by atomic mass is 35.5. The molecule has 2 rings (SSSR count). The number of aryl methyl sites for hydroxylation is 2. The molecule has 1 N–H and O–H groups in total. The summed E-state index contributed by atoms with van der Waals surface area (Å²) in [4.78, 5) is 12.0. The van der Waals surface area contributed by atoms with Gasteiger partial charge in [0.05, 0.1) is 6.04 Å². The van der Waals surface area contributed by atoms with Crippen LogP contribution in [-0.4, -0.2) is 18.6 Å². The van der Waals surface area contributed by atoms with Crippen LogP contribution in [0.15, 0.2) is 42.5 Å². The van der Waals surface area contributed by atoms with Crippen LogP contribution in [0.4, 0.5) is 0 Å². The first kappa shape index (κ1) is 18.6. The number of hydrogen-bond acceptors (Lipinski definition) is 2. The van der Waals surface area contributed by atoms with E-state index in [1.165, 1.54) is 5.56 Å². The van der Waals surface area contributed by atoms with E-state index in [0.717, 1.165) is 11.3 Å². The Kier molecular flexibility index (Phi) is 6.95. The number of carbonyl (C=O) groups is 1. The molecule has 5 heteroatoms. The van der Waals surface area contributed by atoms with Gasteiger partial charge in [-0.1, -0.05) is 47.0 Å². The Balaban J connectivity index is 1.74. The Bertz CT molecular complexity index is 686. The molecule has 2 aromatic rings. The molecule has 0 aliphatic rings. The van der Waals surface area contributed by atoms with Gasteiger partial charge < -0.3 is 10.1 Å². The number of carbonyl (C=O) groups excluding carboxylic acids is 1. The van der Waals surface area contributed by atoms with E-state index in [-0.39, 0.29) is 11.9 Å². The quantitative estimate of drug-likeness (QED) is 0.763. The van der Waals surface area contributed by atoms with E-state index in [1.54, 1.807) is 12.1 Å². The lowest BCUT2D eigenvalue weighted by atomic mass is 10.1. The second kappa shape index (κ2) is 8.95. The highest BCUT2D eigenvalue weighted by Crippen LogP contribution is 2.22. The minimum atomic E-state index is -0.0699. The Labute approximate surface area is 152 Å². The normalized spacial score (nSPS) is 11.8. The molecular weight excluding hydrogens is 345 g/mol. The Morgan fingerprint density at radius 1 is 1.17 bits per heavy atom. The first-order chi connectivity index (χ1) is 11.4. The summed E-state index contributed by atoms with van der Waals surface area (Å²) in [5.41, 5.74) is 2.10. The number of ether oxygens (including phenoxy) is 1. The third-order valence-electron chi connectivity index (χ3n) is 3.56. The van der Waals surface area contributed by atoms with Gasteiger partial charge in [0, 0.05) is 16.5 Å². The Morgan fingerprint density at radius 2 is 1.88 bits per heavy atom. The summed E-state index contributed by atoms with van der Waals surface area (Å²) in [6.45, 7) is 4.37. The van der Waals surface area contributed by atoms with Gasteiger partial charge in [-0.3, -0.25) is 4.79 Å². The van der Waals surface area contributed by atoms with Gasteiger partial charge in [0.1, 0.15) is 12.4 Å². The van der Waals surface area contributed by atoms with Crippen LogP contribution in [-0.2, 0) is 11.2 Å². The third-order valence-corrected chi connectivity index (χ3v) is 4.15. The molecule has 1 amide bonds. The van der Waals surface area contributed by atoms with Crippen LogP contribution in [0.5, 0.6) is 5.75 Å². The highest BCUT2D eigenvalue weighted by molar-refractivity contribution is 6.35. The van der Waals surface area contributed by atoms with Gasteiger partial charge in [-0.05, 0) is 50.1 Å². The standard InChI is InChI=1S/C19H21Cl2NO2/c1-13-3-8-17(9-4-13)24-12-14(2)22-19(23)10-6-15-5-7-16(20)11-18(15)21/h3-5,7-9,11,14H,6,10,12H2,1-2H3,(H,22,23)/t14-/m0/s1. The predicted molar refractivity (Wildman–Crippen MR) is 99.1 cm³/mol. The minimum absolute atomic E-state index is 0.0268. The molecule has 3 nitrogen and oxygen atoms in total. The highest BCUT2D eigenvalue weighted by Gasteiger charge is 2.10. The zero-order valence-corrected chi connectivity index (χ0v) is 15.3. The predicted octanol–water partition coefficient (Wildman–Crippen LogP) is 4.82. The molecule has 2 aromatic carbocycles. The van der Waals surface area contributed by atoms with Gasteiger partial charge in [-0.2, -0.15) is 0 Å². The Hall–Kier alpha value is -1.71. The van der Waals surface area contributed by atoms with E-state index in [1.807, 2.05) is 44.2 Å². The maximum atomic E-state index is 12.0. The van der Waals surface area contributed by atoms with Crippen molar-refractivity contribution >= 4 is 29.1 Å². The van der Waals surface area contributed by atoms with Crippen LogP contribution in [0.3, 0.4) is 0 Å². The average molecular weight is 366 g/mol. The molecule has 128 valence electrons. The molecule has 0 saturated carbocycles. The van der Waals surface area contributed by atoms with Crippen molar-refractivity contribution in [1.29, 1.82) is 0 Å². The average Bonchev–Trinajstić information content (AvgIpc) is 2.53. The number of rotatable bonds is 7. The van der Waals surface area contributed by atoms with Crippen molar-refractivity contribution in [2.75, 3.05) is 6.61 Å². The maximum Gasteiger partial charge on any atom is 0.220 e. The Morgan fingerprint density at radius 3 is 2.54 bits per heavy atom. The van der Waals surface area contributed by atoms with Crippen molar-refractivity contribution in [2.24, 2.45) is 0 Å². The van der Waals surface area contributed by atoms with Gasteiger partial charge in [0.25, 0.3) is 0 Å². The number of hydrogen-bond donors (Lipinski definition) is 1. The van der Waals surface area contributed by atoms with Gasteiger partial charge in [0.2, 0.25) is 5.91 Å². The van der Waals surface area contributed by atoms with E-state index in [2.05, 4.69) is 5.32 Å². The van der Waals surface area contributed by atoms with E-state index < -0.39 is 0 Å². The molecule has 0 spiro atoms. The number of benzene rings is 2. The molecule has 0 aliphatic carbocycles. The number of halogens is 2. The zero-order valence-electron chi connectivity index (χ0n) is 13.8. The van der Waals surface area contributed by atoms with Crippen LogP contribution in [0.2, 0.25) is 10.0 Å². The van der Waals surface area contributed by atoms with Crippen LogP contribution < -0.4 is 10.1 Å². The number of nitrogens with one attached hydrogen (secondary N) is 1. The summed E-state index contributed by atoms with van der Waals surface area (Å²) < 4.78 is 5.67. The van der Waals surface area contributed by atoms with Crippen molar-refractivity contribution in [2.45, 2.75) is 32.7 Å². The van der Waals surface area contributed by atoms with Crippen molar-refractivity contribution in [3.8, 4) is 5.75 Å². The summed E-state index contributed by atoms with van der Waals surface area (Å²) in [5.74, 6) is 0.774. The lowest BCUT2D eigenvalue weighted by Gasteiger charge is -2.15. The van der Waals surface area contributed by atoms with E-state index in [9.17, 15) is 4.79 Å². The molecule has 0 aromatic heterocycles. The molecular formula is C19H21Cl2NO2. The number of amides is 1. The van der Waals surface area contributed by atoms with Gasteiger partial charge in [0.15, 0.2) is 0 Å². The van der Waals surface area contributed by atoms with Crippen molar-refractivity contribution in [3.63, 3.8) is 0 Å². The van der Waals surface area contributed by atoms with Crippen molar-refractivity contribution in [3.05, 3.63) is 63.6 Å². The van der Waals surface area contributed by atoms with Crippen LogP contribution in [0.25, 0.3) is 0 Å². The van der Waals surface area contributed by atoms with Crippen LogP contribution in [0, 0.1) is 6.92 Å². The first-order valence-electron chi connectivity index (χ1n) is 7.87. The zero-order chi connectivity index (χ0) is 17.5. The molecule has 24 heavy (non-hydrogen) atoms. The summed E-state index contributed by atoms with van der Waals surface area (Å²) in [7, 11) is 0. The summed E-state index contributed by atoms with van der Waals surface area (Å²) >= 11 is 12.0. The van der Waals surface area contributed by atoms with E-state index in [4.69, 9.17) is 27.9 Å². The monoisotopic (exact) mass is 365 g/mol. The van der Waals surface area contributed by atoms with Crippen LogP contribution >= 0.6 is 23.2 Å². The molecule has 1 atom stereocenters. The minimum Gasteiger partial charge on any atom is -0.491 e. The van der Waals surface area contributed by atoms with Gasteiger partial charge in [-0.25, -0.2) is 0 Å². The summed E-state index contributed by atoms with van der Waals surface area (Å²) in [6, 6.07) is 13.1. The summed E-state index contributed by atoms with van der Waals surface area (Å²) in [6.07, 6.45) is 0.948. The fraction of sp³-hybridized carbons (Fsp3) is 0.316. The molecule has 0 heterocycles. The lowest BCUT2D eigenvalue weighted by Crippen LogP contribution is -2.36. The first-order valence-corrected chi connectivity index (χ1v) is 8.62. The smallest absolute Gasteiger partial charge is 0.220 e. The fourth-order valence-corrected chi connectivity index (χ4v) is 2.72.